The van der Waals surface area contributed by atoms with Crippen LogP contribution in [0.1, 0.15) is 35.8 Å². The number of likely N-dealkylation sites (tertiary alicyclic amines) is 1. The Kier molecular flexibility index (Phi) is 3.85. The van der Waals surface area contributed by atoms with E-state index in [1.54, 1.807) is 0 Å². The first kappa shape index (κ1) is 14.3. The minimum absolute atomic E-state index is 0.0288. The Bertz CT molecular complexity index is 674. The van der Waals surface area contributed by atoms with E-state index in [9.17, 15) is 4.79 Å². The standard InChI is InChI=1S/C15H19ClN4O/c1-10-7-14-17-13(8-11(2)20(14)18-10)12-3-5-19(6-4-12)15(21)9-16/h7-8,12H,3-6,9H2,1-2H3. The van der Waals surface area contributed by atoms with Gasteiger partial charge in [0.25, 0.3) is 0 Å². The molecule has 2 aromatic heterocycles. The lowest BCUT2D eigenvalue weighted by molar-refractivity contribution is -0.129. The lowest BCUT2D eigenvalue weighted by Gasteiger charge is -2.31. The molecule has 1 fully saturated rings. The molecule has 5 nitrogen and oxygen atoms in total. The van der Waals surface area contributed by atoms with Crippen LogP contribution < -0.4 is 0 Å². The number of rotatable bonds is 2. The number of fused-ring (bicyclic) bond motifs is 1. The van der Waals surface area contributed by atoms with Crippen LogP contribution in [0.15, 0.2) is 12.1 Å². The number of aryl methyl sites for hydroxylation is 2. The molecule has 21 heavy (non-hydrogen) atoms. The first-order valence-corrected chi connectivity index (χ1v) is 7.79. The monoisotopic (exact) mass is 306 g/mol. The number of aromatic nitrogens is 3. The van der Waals surface area contributed by atoms with Crippen LogP contribution in [0, 0.1) is 13.8 Å². The first-order chi connectivity index (χ1) is 10.1. The van der Waals surface area contributed by atoms with Crippen LogP contribution in [-0.4, -0.2) is 44.4 Å². The molecule has 0 unspecified atom stereocenters. The lowest BCUT2D eigenvalue weighted by atomic mass is 9.93. The summed E-state index contributed by atoms with van der Waals surface area (Å²) in [6.07, 6.45) is 1.89. The average Bonchev–Trinajstić information content (AvgIpc) is 2.87. The third-order valence-electron chi connectivity index (χ3n) is 4.13. The van der Waals surface area contributed by atoms with Gasteiger partial charge in [0.1, 0.15) is 5.88 Å². The highest BCUT2D eigenvalue weighted by molar-refractivity contribution is 6.27. The van der Waals surface area contributed by atoms with E-state index in [1.807, 2.05) is 22.4 Å². The summed E-state index contributed by atoms with van der Waals surface area (Å²) in [7, 11) is 0. The van der Waals surface area contributed by atoms with Gasteiger partial charge in [-0.25, -0.2) is 9.50 Å². The fraction of sp³-hybridized carbons (Fsp3) is 0.533. The zero-order valence-electron chi connectivity index (χ0n) is 12.3. The largest absolute Gasteiger partial charge is 0.342 e. The summed E-state index contributed by atoms with van der Waals surface area (Å²) < 4.78 is 1.88. The van der Waals surface area contributed by atoms with Gasteiger partial charge in [-0.3, -0.25) is 4.79 Å². The van der Waals surface area contributed by atoms with E-state index < -0.39 is 0 Å². The Morgan fingerprint density at radius 2 is 2.05 bits per heavy atom. The van der Waals surface area contributed by atoms with Crippen molar-refractivity contribution < 1.29 is 4.79 Å². The maximum absolute atomic E-state index is 11.6. The normalized spacial score (nSPS) is 16.6. The average molecular weight is 307 g/mol. The van der Waals surface area contributed by atoms with Crippen LogP contribution in [0.2, 0.25) is 0 Å². The predicted molar refractivity (Wildman–Crippen MR) is 81.7 cm³/mol. The van der Waals surface area contributed by atoms with Gasteiger partial charge in [0.2, 0.25) is 5.91 Å². The summed E-state index contributed by atoms with van der Waals surface area (Å²) in [6, 6.07) is 4.12. The number of hydrogen-bond donors (Lipinski definition) is 0. The number of carbonyl (C=O) groups is 1. The minimum atomic E-state index is 0.0288. The summed E-state index contributed by atoms with van der Waals surface area (Å²) in [4.78, 5) is 18.2. The van der Waals surface area contributed by atoms with Gasteiger partial charge in [-0.1, -0.05) is 0 Å². The highest BCUT2D eigenvalue weighted by atomic mass is 35.5. The van der Waals surface area contributed by atoms with Crippen LogP contribution in [0.5, 0.6) is 0 Å². The van der Waals surface area contributed by atoms with Crippen LogP contribution in [0.3, 0.4) is 0 Å². The predicted octanol–water partition coefficient (Wildman–Crippen LogP) is 2.29. The molecule has 3 heterocycles. The second kappa shape index (κ2) is 5.64. The molecule has 0 bridgehead atoms. The SMILES string of the molecule is Cc1cc2nc(C3CCN(C(=O)CCl)CC3)cc(C)n2n1. The fourth-order valence-electron chi connectivity index (χ4n) is 2.98. The molecule has 1 saturated heterocycles. The van der Waals surface area contributed by atoms with E-state index in [1.165, 1.54) is 0 Å². The highest BCUT2D eigenvalue weighted by Gasteiger charge is 2.24. The maximum Gasteiger partial charge on any atom is 0.237 e. The zero-order valence-corrected chi connectivity index (χ0v) is 13.1. The molecule has 1 aliphatic heterocycles. The molecular weight excluding hydrogens is 288 g/mol. The van der Waals surface area contributed by atoms with Crippen molar-refractivity contribution in [2.75, 3.05) is 19.0 Å². The van der Waals surface area contributed by atoms with E-state index in [-0.39, 0.29) is 11.8 Å². The molecule has 6 heteroatoms. The quantitative estimate of drug-likeness (QED) is 0.800. The van der Waals surface area contributed by atoms with E-state index in [2.05, 4.69) is 18.1 Å². The number of alkyl halides is 1. The molecule has 2 aromatic rings. The van der Waals surface area contributed by atoms with Crippen LogP contribution in [0.4, 0.5) is 0 Å². The smallest absolute Gasteiger partial charge is 0.237 e. The van der Waals surface area contributed by atoms with Gasteiger partial charge in [-0.2, -0.15) is 5.10 Å². The van der Waals surface area contributed by atoms with Gasteiger partial charge in [0, 0.05) is 36.5 Å². The number of amides is 1. The molecule has 0 N–H and O–H groups in total. The Morgan fingerprint density at radius 3 is 2.71 bits per heavy atom. The molecule has 1 aliphatic rings. The molecule has 0 aromatic carbocycles. The number of carbonyl (C=O) groups excluding carboxylic acids is 1. The van der Waals surface area contributed by atoms with E-state index in [4.69, 9.17) is 16.6 Å². The molecule has 0 saturated carbocycles. The number of piperidine rings is 1. The Morgan fingerprint density at radius 1 is 1.33 bits per heavy atom. The van der Waals surface area contributed by atoms with Gasteiger partial charge >= 0.3 is 0 Å². The van der Waals surface area contributed by atoms with Gasteiger partial charge < -0.3 is 4.90 Å². The van der Waals surface area contributed by atoms with Crippen molar-refractivity contribution in [3.05, 3.63) is 29.2 Å². The van der Waals surface area contributed by atoms with Crippen molar-refractivity contribution in [2.24, 2.45) is 0 Å². The first-order valence-electron chi connectivity index (χ1n) is 7.26. The number of halogens is 1. The van der Waals surface area contributed by atoms with Crippen molar-refractivity contribution in [1.82, 2.24) is 19.5 Å². The second-order valence-corrected chi connectivity index (χ2v) is 5.93. The molecule has 0 atom stereocenters. The van der Waals surface area contributed by atoms with Gasteiger partial charge in [0.15, 0.2) is 5.65 Å². The minimum Gasteiger partial charge on any atom is -0.342 e. The summed E-state index contributed by atoms with van der Waals surface area (Å²) >= 11 is 5.61. The maximum atomic E-state index is 11.6. The Hall–Kier alpha value is -1.62. The third-order valence-corrected chi connectivity index (χ3v) is 4.36. The Labute approximate surface area is 128 Å². The summed E-state index contributed by atoms with van der Waals surface area (Å²) in [5.74, 6) is 0.507. The van der Waals surface area contributed by atoms with E-state index >= 15 is 0 Å². The molecule has 0 radical (unpaired) electrons. The van der Waals surface area contributed by atoms with Crippen molar-refractivity contribution >= 4 is 23.2 Å². The highest BCUT2D eigenvalue weighted by Crippen LogP contribution is 2.28. The zero-order chi connectivity index (χ0) is 15.0. The van der Waals surface area contributed by atoms with E-state index in [0.29, 0.717) is 5.92 Å². The topological polar surface area (TPSA) is 50.5 Å². The lowest BCUT2D eigenvalue weighted by Crippen LogP contribution is -2.38. The van der Waals surface area contributed by atoms with Gasteiger partial charge in [0.05, 0.1) is 5.69 Å². The fourth-order valence-corrected chi connectivity index (χ4v) is 3.15. The Balaban J connectivity index is 1.80. The molecule has 0 spiro atoms. The van der Waals surface area contributed by atoms with Gasteiger partial charge in [-0.15, -0.1) is 11.6 Å². The van der Waals surface area contributed by atoms with Crippen LogP contribution in [-0.2, 0) is 4.79 Å². The molecule has 112 valence electrons. The molecule has 1 amide bonds. The molecule has 0 aliphatic carbocycles. The van der Waals surface area contributed by atoms with Crippen LogP contribution >= 0.6 is 11.6 Å². The van der Waals surface area contributed by atoms with Gasteiger partial charge in [-0.05, 0) is 32.8 Å². The third kappa shape index (κ3) is 2.75. The number of hydrogen-bond acceptors (Lipinski definition) is 3. The van der Waals surface area contributed by atoms with Crippen molar-refractivity contribution in [1.29, 1.82) is 0 Å². The van der Waals surface area contributed by atoms with Crippen molar-refractivity contribution in [3.8, 4) is 0 Å². The summed E-state index contributed by atoms with van der Waals surface area (Å²) in [5, 5.41) is 4.43. The molecule has 3 rings (SSSR count). The van der Waals surface area contributed by atoms with Crippen LogP contribution in [0.25, 0.3) is 5.65 Å². The second-order valence-electron chi connectivity index (χ2n) is 5.67. The van der Waals surface area contributed by atoms with Crippen molar-refractivity contribution in [3.63, 3.8) is 0 Å². The summed E-state index contributed by atoms with van der Waals surface area (Å²) in [6.45, 7) is 5.56. The van der Waals surface area contributed by atoms with E-state index in [0.717, 1.165) is 48.7 Å². The number of nitrogens with zero attached hydrogens (tertiary/aromatic N) is 4. The van der Waals surface area contributed by atoms with Crippen molar-refractivity contribution in [2.45, 2.75) is 32.6 Å². The molecular formula is C15H19ClN4O. The summed E-state index contributed by atoms with van der Waals surface area (Å²) in [5.41, 5.74) is 4.09.